The predicted octanol–water partition coefficient (Wildman–Crippen LogP) is 2.81. The maximum Gasteiger partial charge on any atom is 0.258 e. The first-order valence-electron chi connectivity index (χ1n) is 8.88. The summed E-state index contributed by atoms with van der Waals surface area (Å²) >= 11 is 0. The molecule has 1 unspecified atom stereocenters. The van der Waals surface area contributed by atoms with Gasteiger partial charge >= 0.3 is 0 Å². The molecule has 3 rings (SSSR count). The lowest BCUT2D eigenvalue weighted by Gasteiger charge is -2.28. The zero-order valence-corrected chi connectivity index (χ0v) is 15.1. The Kier molecular flexibility index (Phi) is 5.81. The Hall–Kier alpha value is -2.80. The molecule has 0 radical (unpaired) electrons. The number of amides is 1. The van der Waals surface area contributed by atoms with Gasteiger partial charge in [-0.25, -0.2) is 4.39 Å². The number of hydrogen-bond acceptors (Lipinski definition) is 5. The third-order valence-electron chi connectivity index (χ3n) is 4.85. The molecule has 1 fully saturated rings. The topological polar surface area (TPSA) is 82.0 Å². The number of carbonyl (C=O) groups excluding carboxylic acids is 1. The number of nitrogens with zero attached hydrogens (tertiary/aromatic N) is 1. The van der Waals surface area contributed by atoms with Crippen LogP contribution < -0.4 is 10.1 Å². The fraction of sp³-hybridized carbons (Fsp3) is 0.350. The van der Waals surface area contributed by atoms with E-state index in [1.165, 1.54) is 0 Å². The highest BCUT2D eigenvalue weighted by Gasteiger charge is 2.26. The summed E-state index contributed by atoms with van der Waals surface area (Å²) in [5.74, 6) is -2.23. The summed E-state index contributed by atoms with van der Waals surface area (Å²) < 4.78 is 19.3. The van der Waals surface area contributed by atoms with E-state index in [9.17, 15) is 19.4 Å². The van der Waals surface area contributed by atoms with E-state index >= 15 is 0 Å². The first-order chi connectivity index (χ1) is 13.0. The van der Waals surface area contributed by atoms with E-state index < -0.39 is 28.8 Å². The molecule has 7 heteroatoms. The summed E-state index contributed by atoms with van der Waals surface area (Å²) in [5, 5.41) is 22.1. The molecule has 1 aliphatic heterocycles. The number of benzene rings is 2. The molecule has 0 bridgehead atoms. The van der Waals surface area contributed by atoms with Crippen LogP contribution >= 0.6 is 0 Å². The second kappa shape index (κ2) is 8.26. The smallest absolute Gasteiger partial charge is 0.258 e. The van der Waals surface area contributed by atoms with E-state index in [1.807, 2.05) is 24.3 Å². The molecule has 27 heavy (non-hydrogen) atoms. The van der Waals surface area contributed by atoms with Crippen LogP contribution in [-0.4, -0.2) is 47.8 Å². The Bertz CT molecular complexity index is 822. The van der Waals surface area contributed by atoms with E-state index in [-0.39, 0.29) is 12.6 Å². The van der Waals surface area contributed by atoms with Crippen LogP contribution in [0.15, 0.2) is 36.4 Å². The maximum atomic E-state index is 14.0. The Morgan fingerprint density at radius 2 is 2.00 bits per heavy atom. The third kappa shape index (κ3) is 4.14. The summed E-state index contributed by atoms with van der Waals surface area (Å²) in [6, 6.07) is 9.47. The second-order valence-corrected chi connectivity index (χ2v) is 6.54. The first-order valence-corrected chi connectivity index (χ1v) is 8.88. The van der Waals surface area contributed by atoms with Gasteiger partial charge in [0.1, 0.15) is 17.1 Å². The molecule has 2 aromatic rings. The van der Waals surface area contributed by atoms with E-state index in [1.54, 1.807) is 7.11 Å². The molecule has 0 aromatic heterocycles. The molecular formula is C20H23FN2O4. The van der Waals surface area contributed by atoms with Crippen molar-refractivity contribution in [2.24, 2.45) is 0 Å². The molecule has 1 amide bonds. The number of halogens is 1. The highest BCUT2D eigenvalue weighted by atomic mass is 19.1. The summed E-state index contributed by atoms with van der Waals surface area (Å²) in [7, 11) is 1.60. The number of nitrogens with one attached hydrogen (secondary N) is 1. The Balaban J connectivity index is 1.81. The van der Waals surface area contributed by atoms with Crippen molar-refractivity contribution >= 4 is 5.91 Å². The number of phenols is 2. The van der Waals surface area contributed by atoms with Gasteiger partial charge < -0.3 is 20.3 Å². The predicted molar refractivity (Wildman–Crippen MR) is 98.6 cm³/mol. The lowest BCUT2D eigenvalue weighted by molar-refractivity contribution is 0.0930. The molecule has 1 atom stereocenters. The summed E-state index contributed by atoms with van der Waals surface area (Å²) in [6.07, 6.45) is 2.16. The lowest BCUT2D eigenvalue weighted by atomic mass is 10.0. The van der Waals surface area contributed by atoms with Crippen molar-refractivity contribution in [3.05, 3.63) is 53.3 Å². The second-order valence-electron chi connectivity index (χ2n) is 6.54. The number of hydrogen-bond donors (Lipinski definition) is 3. The minimum Gasteiger partial charge on any atom is -0.504 e. The van der Waals surface area contributed by atoms with Crippen LogP contribution in [0.4, 0.5) is 4.39 Å². The summed E-state index contributed by atoms with van der Waals surface area (Å²) in [4.78, 5) is 14.7. The monoisotopic (exact) mass is 374 g/mol. The molecule has 0 saturated carbocycles. The zero-order chi connectivity index (χ0) is 19.4. The van der Waals surface area contributed by atoms with Crippen molar-refractivity contribution < 1.29 is 24.1 Å². The first kappa shape index (κ1) is 19.0. The van der Waals surface area contributed by atoms with Crippen LogP contribution in [0.2, 0.25) is 0 Å². The minimum absolute atomic E-state index is 0.103. The summed E-state index contributed by atoms with van der Waals surface area (Å²) in [5.41, 5.74) is 0.429. The molecule has 2 aromatic carbocycles. The average Bonchev–Trinajstić information content (AvgIpc) is 3.20. The van der Waals surface area contributed by atoms with Crippen molar-refractivity contribution in [1.82, 2.24) is 10.2 Å². The third-order valence-corrected chi connectivity index (χ3v) is 4.85. The Labute approximate surface area is 157 Å². The van der Waals surface area contributed by atoms with Crippen molar-refractivity contribution in [3.8, 4) is 17.2 Å². The van der Waals surface area contributed by atoms with Gasteiger partial charge in [-0.1, -0.05) is 12.1 Å². The molecule has 1 heterocycles. The van der Waals surface area contributed by atoms with E-state index in [2.05, 4.69) is 10.2 Å². The SMILES string of the molecule is COc1cccc(C(CNC(=O)c2c(F)ccc(O)c2O)N2CCCC2)c1. The van der Waals surface area contributed by atoms with Crippen molar-refractivity contribution in [2.45, 2.75) is 18.9 Å². The molecule has 1 saturated heterocycles. The van der Waals surface area contributed by atoms with Gasteiger partial charge in [-0.15, -0.1) is 0 Å². The Morgan fingerprint density at radius 1 is 1.26 bits per heavy atom. The number of likely N-dealkylation sites (tertiary alicyclic amines) is 1. The number of phenolic OH excluding ortho intramolecular Hbond substituents is 2. The fourth-order valence-electron chi connectivity index (χ4n) is 3.41. The van der Waals surface area contributed by atoms with E-state index in [4.69, 9.17) is 4.74 Å². The van der Waals surface area contributed by atoms with Crippen LogP contribution in [0.5, 0.6) is 17.2 Å². The summed E-state index contributed by atoms with van der Waals surface area (Å²) in [6.45, 7) is 2.05. The van der Waals surface area contributed by atoms with Gasteiger partial charge in [0.05, 0.1) is 13.2 Å². The van der Waals surface area contributed by atoms with E-state index in [0.29, 0.717) is 0 Å². The van der Waals surface area contributed by atoms with Gasteiger partial charge in [-0.05, 0) is 55.8 Å². The van der Waals surface area contributed by atoms with Crippen molar-refractivity contribution in [2.75, 3.05) is 26.7 Å². The number of aromatic hydroxyl groups is 2. The number of rotatable bonds is 6. The van der Waals surface area contributed by atoms with Crippen molar-refractivity contribution in [3.63, 3.8) is 0 Å². The molecule has 3 N–H and O–H groups in total. The highest BCUT2D eigenvalue weighted by Crippen LogP contribution is 2.31. The largest absolute Gasteiger partial charge is 0.504 e. The quantitative estimate of drug-likeness (QED) is 0.678. The van der Waals surface area contributed by atoms with Crippen LogP contribution in [0, 0.1) is 5.82 Å². The van der Waals surface area contributed by atoms with Gasteiger partial charge in [-0.2, -0.15) is 0 Å². The average molecular weight is 374 g/mol. The molecular weight excluding hydrogens is 351 g/mol. The minimum atomic E-state index is -0.887. The van der Waals surface area contributed by atoms with Crippen LogP contribution in [0.3, 0.4) is 0 Å². The Morgan fingerprint density at radius 3 is 2.70 bits per heavy atom. The lowest BCUT2D eigenvalue weighted by Crippen LogP contribution is -2.37. The van der Waals surface area contributed by atoms with Crippen molar-refractivity contribution in [1.29, 1.82) is 0 Å². The molecule has 0 aliphatic carbocycles. The van der Waals surface area contributed by atoms with Crippen LogP contribution in [-0.2, 0) is 0 Å². The normalized spacial score (nSPS) is 15.5. The van der Waals surface area contributed by atoms with E-state index in [0.717, 1.165) is 49.4 Å². The van der Waals surface area contributed by atoms with Gasteiger partial charge in [0.15, 0.2) is 11.5 Å². The number of carbonyl (C=O) groups is 1. The van der Waals surface area contributed by atoms with Gasteiger partial charge in [0.2, 0.25) is 0 Å². The van der Waals surface area contributed by atoms with Crippen LogP contribution in [0.25, 0.3) is 0 Å². The van der Waals surface area contributed by atoms with Gasteiger partial charge in [0, 0.05) is 6.54 Å². The number of ether oxygens (including phenoxy) is 1. The van der Waals surface area contributed by atoms with Crippen LogP contribution in [0.1, 0.15) is 34.8 Å². The zero-order valence-electron chi connectivity index (χ0n) is 15.1. The van der Waals surface area contributed by atoms with Gasteiger partial charge in [0.25, 0.3) is 5.91 Å². The molecule has 0 spiro atoms. The molecule has 6 nitrogen and oxygen atoms in total. The fourth-order valence-corrected chi connectivity index (χ4v) is 3.41. The molecule has 1 aliphatic rings. The van der Waals surface area contributed by atoms with Gasteiger partial charge in [-0.3, -0.25) is 9.69 Å². The standard InChI is InChI=1S/C20H23FN2O4/c1-27-14-6-4-5-13(11-14)16(23-9-2-3-10-23)12-22-20(26)18-15(21)7-8-17(24)19(18)25/h4-8,11,16,24-25H,2-3,9-10,12H2,1H3,(H,22,26). The maximum absolute atomic E-state index is 14.0. The molecule has 144 valence electrons. The highest BCUT2D eigenvalue weighted by molar-refractivity contribution is 5.97. The number of methoxy groups -OCH3 is 1.